The molecule has 1 unspecified atom stereocenters. The van der Waals surface area contributed by atoms with Gasteiger partial charge < -0.3 is 14.2 Å². The second-order valence-corrected chi connectivity index (χ2v) is 7.11. The molecule has 0 aliphatic carbocycles. The van der Waals surface area contributed by atoms with E-state index in [1.165, 1.54) is 0 Å². The molecule has 1 aromatic carbocycles. The first-order chi connectivity index (χ1) is 12.8. The molecular weight excluding hydrogens is 330 g/mol. The largest absolute Gasteiger partial charge is 0.381 e. The Morgan fingerprint density at radius 3 is 2.65 bits per heavy atom. The Kier molecular flexibility index (Phi) is 5.29. The molecule has 4 rings (SSSR count). The number of nitrogens with zero attached hydrogens (tertiary/aromatic N) is 3. The van der Waals surface area contributed by atoms with Crippen LogP contribution in [-0.4, -0.2) is 40.7 Å². The Hall–Kier alpha value is -2.21. The van der Waals surface area contributed by atoms with Crippen LogP contribution in [0.15, 0.2) is 34.9 Å². The van der Waals surface area contributed by atoms with Crippen LogP contribution in [0.1, 0.15) is 50.4 Å². The number of likely N-dealkylation sites (tertiary alicyclic amines) is 1. The van der Waals surface area contributed by atoms with Gasteiger partial charge in [0.1, 0.15) is 0 Å². The van der Waals surface area contributed by atoms with Crippen molar-refractivity contribution in [1.82, 2.24) is 15.0 Å². The fourth-order valence-electron chi connectivity index (χ4n) is 3.89. The standard InChI is InChI=1S/C20H25N3O3/c24-20(16-10-13-25-14-11-16)23-12-6-2-5-9-17(23)18-21-19(26-22-18)15-7-3-1-4-8-15/h1,3-4,7-8,16-17H,2,5-6,9-14H2. The van der Waals surface area contributed by atoms with Crippen LogP contribution in [0.3, 0.4) is 0 Å². The lowest BCUT2D eigenvalue weighted by atomic mass is 9.97. The van der Waals surface area contributed by atoms with Crippen molar-refractivity contribution in [1.29, 1.82) is 0 Å². The van der Waals surface area contributed by atoms with Crippen LogP contribution in [0.25, 0.3) is 11.5 Å². The summed E-state index contributed by atoms with van der Waals surface area (Å²) >= 11 is 0. The van der Waals surface area contributed by atoms with Crippen molar-refractivity contribution in [3.63, 3.8) is 0 Å². The number of carbonyl (C=O) groups excluding carboxylic acids is 1. The highest BCUT2D eigenvalue weighted by Crippen LogP contribution is 2.32. The SMILES string of the molecule is O=C(C1CCOCC1)N1CCCCCC1c1noc(-c2ccccc2)n1. The lowest BCUT2D eigenvalue weighted by molar-refractivity contribution is -0.141. The predicted molar refractivity (Wildman–Crippen MR) is 96.2 cm³/mol. The van der Waals surface area contributed by atoms with Crippen molar-refractivity contribution in [2.45, 2.75) is 44.6 Å². The Morgan fingerprint density at radius 1 is 1.04 bits per heavy atom. The minimum absolute atomic E-state index is 0.0600. The quantitative estimate of drug-likeness (QED) is 0.841. The van der Waals surface area contributed by atoms with Gasteiger partial charge in [-0.1, -0.05) is 36.2 Å². The van der Waals surface area contributed by atoms with Crippen LogP contribution in [0.2, 0.25) is 0 Å². The number of benzene rings is 1. The minimum Gasteiger partial charge on any atom is -0.381 e. The van der Waals surface area contributed by atoms with E-state index in [-0.39, 0.29) is 17.9 Å². The van der Waals surface area contributed by atoms with E-state index in [1.54, 1.807) is 0 Å². The average Bonchev–Trinajstić information content (AvgIpc) is 3.07. The normalized spacial score (nSPS) is 22.2. The molecule has 2 aliphatic rings. The van der Waals surface area contributed by atoms with Crippen molar-refractivity contribution in [3.05, 3.63) is 36.2 Å². The molecule has 6 nitrogen and oxygen atoms in total. The number of hydrogen-bond donors (Lipinski definition) is 0. The zero-order valence-electron chi connectivity index (χ0n) is 15.0. The highest BCUT2D eigenvalue weighted by Gasteiger charge is 2.34. The molecule has 6 heteroatoms. The molecule has 0 saturated carbocycles. The highest BCUT2D eigenvalue weighted by atomic mass is 16.5. The molecule has 2 aromatic rings. The fraction of sp³-hybridized carbons (Fsp3) is 0.550. The first-order valence-electron chi connectivity index (χ1n) is 9.60. The molecule has 3 heterocycles. The summed E-state index contributed by atoms with van der Waals surface area (Å²) in [5, 5.41) is 4.23. The summed E-state index contributed by atoms with van der Waals surface area (Å²) < 4.78 is 10.9. The summed E-state index contributed by atoms with van der Waals surface area (Å²) in [6.07, 6.45) is 5.76. The number of rotatable bonds is 3. The molecule has 1 atom stereocenters. The van der Waals surface area contributed by atoms with Gasteiger partial charge in [-0.3, -0.25) is 4.79 Å². The third kappa shape index (κ3) is 3.65. The zero-order valence-corrected chi connectivity index (χ0v) is 15.0. The summed E-state index contributed by atoms with van der Waals surface area (Å²) in [5.41, 5.74) is 0.905. The van der Waals surface area contributed by atoms with E-state index < -0.39 is 0 Å². The van der Waals surface area contributed by atoms with Gasteiger partial charge in [0, 0.05) is 31.2 Å². The first-order valence-corrected chi connectivity index (χ1v) is 9.60. The summed E-state index contributed by atoms with van der Waals surface area (Å²) in [6, 6.07) is 9.68. The summed E-state index contributed by atoms with van der Waals surface area (Å²) in [7, 11) is 0. The van der Waals surface area contributed by atoms with Crippen LogP contribution < -0.4 is 0 Å². The van der Waals surface area contributed by atoms with E-state index >= 15 is 0 Å². The number of amides is 1. The minimum atomic E-state index is -0.0888. The van der Waals surface area contributed by atoms with Crippen LogP contribution in [0.5, 0.6) is 0 Å². The summed E-state index contributed by atoms with van der Waals surface area (Å²) in [6.45, 7) is 2.13. The number of carbonyl (C=O) groups is 1. The zero-order chi connectivity index (χ0) is 17.8. The molecule has 2 saturated heterocycles. The second kappa shape index (κ2) is 7.99. The molecule has 2 aliphatic heterocycles. The van der Waals surface area contributed by atoms with Crippen molar-refractivity contribution in [2.24, 2.45) is 5.92 Å². The highest BCUT2D eigenvalue weighted by molar-refractivity contribution is 5.79. The molecule has 0 N–H and O–H groups in total. The molecule has 0 radical (unpaired) electrons. The fourth-order valence-corrected chi connectivity index (χ4v) is 3.89. The Bertz CT molecular complexity index is 725. The Labute approximate surface area is 153 Å². The van der Waals surface area contributed by atoms with Gasteiger partial charge in [-0.25, -0.2) is 0 Å². The van der Waals surface area contributed by atoms with Crippen molar-refractivity contribution < 1.29 is 14.1 Å². The van der Waals surface area contributed by atoms with E-state index in [2.05, 4.69) is 10.1 Å². The Morgan fingerprint density at radius 2 is 1.85 bits per heavy atom. The summed E-state index contributed by atoms with van der Waals surface area (Å²) in [5.74, 6) is 1.44. The van der Waals surface area contributed by atoms with Gasteiger partial charge in [0.05, 0.1) is 6.04 Å². The van der Waals surface area contributed by atoms with E-state index in [0.29, 0.717) is 24.9 Å². The molecular formula is C20H25N3O3. The number of hydrogen-bond acceptors (Lipinski definition) is 5. The lowest BCUT2D eigenvalue weighted by Gasteiger charge is -2.32. The van der Waals surface area contributed by atoms with E-state index in [4.69, 9.17) is 9.26 Å². The smallest absolute Gasteiger partial charge is 0.257 e. The third-order valence-corrected chi connectivity index (χ3v) is 5.37. The van der Waals surface area contributed by atoms with E-state index in [0.717, 1.165) is 50.6 Å². The molecule has 138 valence electrons. The van der Waals surface area contributed by atoms with Crippen molar-refractivity contribution in [3.8, 4) is 11.5 Å². The maximum atomic E-state index is 13.2. The van der Waals surface area contributed by atoms with Gasteiger partial charge >= 0.3 is 0 Å². The Balaban J connectivity index is 1.57. The second-order valence-electron chi connectivity index (χ2n) is 7.11. The third-order valence-electron chi connectivity index (χ3n) is 5.37. The summed E-state index contributed by atoms with van der Waals surface area (Å²) in [4.78, 5) is 19.8. The number of aromatic nitrogens is 2. The van der Waals surface area contributed by atoms with Gasteiger partial charge in [0.15, 0.2) is 5.82 Å². The topological polar surface area (TPSA) is 68.5 Å². The predicted octanol–water partition coefficient (Wildman–Crippen LogP) is 3.61. The van der Waals surface area contributed by atoms with Gasteiger partial charge in [-0.2, -0.15) is 4.98 Å². The van der Waals surface area contributed by atoms with Crippen molar-refractivity contribution in [2.75, 3.05) is 19.8 Å². The molecule has 0 bridgehead atoms. The van der Waals surface area contributed by atoms with Crippen LogP contribution >= 0.6 is 0 Å². The van der Waals surface area contributed by atoms with Gasteiger partial charge in [0.2, 0.25) is 5.91 Å². The first kappa shape index (κ1) is 17.2. The van der Waals surface area contributed by atoms with Gasteiger partial charge in [-0.05, 0) is 37.8 Å². The van der Waals surface area contributed by atoms with Gasteiger partial charge in [-0.15, -0.1) is 0 Å². The molecule has 1 amide bonds. The van der Waals surface area contributed by atoms with Crippen LogP contribution in [0, 0.1) is 5.92 Å². The lowest BCUT2D eigenvalue weighted by Crippen LogP contribution is -2.41. The van der Waals surface area contributed by atoms with Crippen LogP contribution in [0.4, 0.5) is 0 Å². The maximum absolute atomic E-state index is 13.2. The van der Waals surface area contributed by atoms with Gasteiger partial charge in [0.25, 0.3) is 5.89 Å². The van der Waals surface area contributed by atoms with E-state index in [1.807, 2.05) is 35.2 Å². The monoisotopic (exact) mass is 355 g/mol. The average molecular weight is 355 g/mol. The maximum Gasteiger partial charge on any atom is 0.257 e. The van der Waals surface area contributed by atoms with Crippen molar-refractivity contribution >= 4 is 5.91 Å². The van der Waals surface area contributed by atoms with Crippen LogP contribution in [-0.2, 0) is 9.53 Å². The number of ether oxygens (including phenoxy) is 1. The van der Waals surface area contributed by atoms with E-state index in [9.17, 15) is 4.79 Å². The molecule has 2 fully saturated rings. The molecule has 0 spiro atoms. The molecule has 26 heavy (non-hydrogen) atoms. The molecule has 1 aromatic heterocycles.